The number of amides is 1. The Morgan fingerprint density at radius 2 is 2.07 bits per heavy atom. The standard InChI is InChI=1S/C18H16N6OS2/c1-12(13-2-4-14(5-3-13)24-11-19-9-22-24)23-16(25)8-27-18-15-6-7-26-17(15)20-10-21-18/h2-7,9-12H,8H2,1H3,(H,23,25). The van der Waals surface area contributed by atoms with Crippen LogP contribution in [0.5, 0.6) is 0 Å². The van der Waals surface area contributed by atoms with Crippen molar-refractivity contribution >= 4 is 39.2 Å². The summed E-state index contributed by atoms with van der Waals surface area (Å²) in [5, 5.41) is 10.9. The molecule has 27 heavy (non-hydrogen) atoms. The number of fused-ring (bicyclic) bond motifs is 1. The third-order valence-corrected chi connectivity index (χ3v) is 5.85. The summed E-state index contributed by atoms with van der Waals surface area (Å²) in [6, 6.07) is 9.77. The Hall–Kier alpha value is -2.78. The van der Waals surface area contributed by atoms with Crippen LogP contribution in [0.15, 0.2) is 59.7 Å². The van der Waals surface area contributed by atoms with Crippen LogP contribution in [0.2, 0.25) is 0 Å². The molecule has 1 unspecified atom stereocenters. The smallest absolute Gasteiger partial charge is 0.230 e. The van der Waals surface area contributed by atoms with E-state index < -0.39 is 0 Å². The van der Waals surface area contributed by atoms with Crippen LogP contribution in [0.4, 0.5) is 0 Å². The zero-order chi connectivity index (χ0) is 18.6. The molecule has 4 aromatic rings. The molecule has 0 aliphatic heterocycles. The van der Waals surface area contributed by atoms with Gasteiger partial charge in [-0.25, -0.2) is 19.6 Å². The second kappa shape index (κ2) is 7.85. The van der Waals surface area contributed by atoms with Crippen molar-refractivity contribution < 1.29 is 4.79 Å². The molecule has 7 nitrogen and oxygen atoms in total. The number of thiophene rings is 1. The van der Waals surface area contributed by atoms with Crippen LogP contribution in [0.1, 0.15) is 18.5 Å². The van der Waals surface area contributed by atoms with E-state index in [1.807, 2.05) is 42.6 Å². The van der Waals surface area contributed by atoms with Crippen LogP contribution in [-0.2, 0) is 4.79 Å². The van der Waals surface area contributed by atoms with Gasteiger partial charge in [-0.2, -0.15) is 5.10 Å². The van der Waals surface area contributed by atoms with E-state index in [4.69, 9.17) is 0 Å². The van der Waals surface area contributed by atoms with Gasteiger partial charge in [-0.15, -0.1) is 11.3 Å². The predicted octanol–water partition coefficient (Wildman–Crippen LogP) is 3.24. The molecule has 3 aromatic heterocycles. The van der Waals surface area contributed by atoms with Gasteiger partial charge in [0, 0.05) is 5.39 Å². The number of hydrogen-bond acceptors (Lipinski definition) is 7. The van der Waals surface area contributed by atoms with E-state index in [1.165, 1.54) is 18.1 Å². The molecule has 0 saturated carbocycles. The molecule has 4 rings (SSSR count). The van der Waals surface area contributed by atoms with Crippen LogP contribution in [0.3, 0.4) is 0 Å². The summed E-state index contributed by atoms with van der Waals surface area (Å²) in [6.45, 7) is 1.97. The molecule has 1 atom stereocenters. The molecule has 0 aliphatic carbocycles. The van der Waals surface area contributed by atoms with Gasteiger partial charge in [-0.05, 0) is 36.1 Å². The van der Waals surface area contributed by atoms with Crippen molar-refractivity contribution in [2.24, 2.45) is 0 Å². The first-order valence-electron chi connectivity index (χ1n) is 8.26. The number of nitrogens with zero attached hydrogens (tertiary/aromatic N) is 5. The fraction of sp³-hybridized carbons (Fsp3) is 0.167. The van der Waals surface area contributed by atoms with Gasteiger partial charge in [0.05, 0.1) is 17.5 Å². The second-order valence-electron chi connectivity index (χ2n) is 5.83. The monoisotopic (exact) mass is 396 g/mol. The lowest BCUT2D eigenvalue weighted by molar-refractivity contribution is -0.119. The fourth-order valence-electron chi connectivity index (χ4n) is 2.64. The van der Waals surface area contributed by atoms with Crippen molar-refractivity contribution in [1.82, 2.24) is 30.0 Å². The number of carbonyl (C=O) groups excluding carboxylic acids is 1. The summed E-state index contributed by atoms with van der Waals surface area (Å²) >= 11 is 2.99. The van der Waals surface area contributed by atoms with Gasteiger partial charge >= 0.3 is 0 Å². The van der Waals surface area contributed by atoms with Gasteiger partial charge in [-0.3, -0.25) is 4.79 Å². The molecule has 3 heterocycles. The quantitative estimate of drug-likeness (QED) is 0.398. The highest BCUT2D eigenvalue weighted by atomic mass is 32.2. The van der Waals surface area contributed by atoms with Crippen LogP contribution in [0.25, 0.3) is 15.9 Å². The van der Waals surface area contributed by atoms with E-state index >= 15 is 0 Å². The highest BCUT2D eigenvalue weighted by Crippen LogP contribution is 2.27. The summed E-state index contributed by atoms with van der Waals surface area (Å²) in [4.78, 5) is 25.7. The molecule has 0 saturated heterocycles. The minimum atomic E-state index is -0.0885. The van der Waals surface area contributed by atoms with E-state index in [-0.39, 0.29) is 11.9 Å². The lowest BCUT2D eigenvalue weighted by Crippen LogP contribution is -2.28. The fourth-order valence-corrected chi connectivity index (χ4v) is 4.23. The molecule has 0 bridgehead atoms. The van der Waals surface area contributed by atoms with Crippen molar-refractivity contribution in [2.75, 3.05) is 5.75 Å². The van der Waals surface area contributed by atoms with Crippen molar-refractivity contribution in [2.45, 2.75) is 18.0 Å². The zero-order valence-corrected chi connectivity index (χ0v) is 16.1. The van der Waals surface area contributed by atoms with Gasteiger partial charge in [0.25, 0.3) is 0 Å². The highest BCUT2D eigenvalue weighted by molar-refractivity contribution is 8.00. The predicted molar refractivity (Wildman–Crippen MR) is 106 cm³/mol. The van der Waals surface area contributed by atoms with Crippen LogP contribution in [-0.4, -0.2) is 36.4 Å². The number of thioether (sulfide) groups is 1. The Balaban J connectivity index is 1.35. The lowest BCUT2D eigenvalue weighted by atomic mass is 10.1. The first-order valence-corrected chi connectivity index (χ1v) is 10.1. The maximum atomic E-state index is 12.3. The number of rotatable bonds is 6. The molecule has 1 aromatic carbocycles. The Bertz CT molecular complexity index is 1050. The van der Waals surface area contributed by atoms with Crippen LogP contribution >= 0.6 is 23.1 Å². The van der Waals surface area contributed by atoms with Gasteiger partial charge in [0.2, 0.25) is 5.91 Å². The van der Waals surface area contributed by atoms with E-state index in [0.717, 1.165) is 26.5 Å². The van der Waals surface area contributed by atoms with Crippen LogP contribution < -0.4 is 5.32 Å². The maximum absolute atomic E-state index is 12.3. The van der Waals surface area contributed by atoms with Crippen molar-refractivity contribution in [1.29, 1.82) is 0 Å². The van der Waals surface area contributed by atoms with Gasteiger partial charge in [0.1, 0.15) is 28.8 Å². The highest BCUT2D eigenvalue weighted by Gasteiger charge is 2.12. The number of hydrogen-bond donors (Lipinski definition) is 1. The Morgan fingerprint density at radius 3 is 2.85 bits per heavy atom. The van der Waals surface area contributed by atoms with Crippen molar-refractivity contribution in [3.8, 4) is 5.69 Å². The number of aromatic nitrogens is 5. The summed E-state index contributed by atoms with van der Waals surface area (Å²) < 4.78 is 1.69. The summed E-state index contributed by atoms with van der Waals surface area (Å²) in [6.07, 6.45) is 4.68. The molecule has 9 heteroatoms. The summed E-state index contributed by atoms with van der Waals surface area (Å²) in [5.41, 5.74) is 1.95. The summed E-state index contributed by atoms with van der Waals surface area (Å²) in [5.74, 6) is 0.276. The number of benzene rings is 1. The van der Waals surface area contributed by atoms with Crippen molar-refractivity contribution in [3.05, 3.63) is 60.3 Å². The molecule has 0 spiro atoms. The topological polar surface area (TPSA) is 85.6 Å². The van der Waals surface area contributed by atoms with E-state index in [9.17, 15) is 4.79 Å². The van der Waals surface area contributed by atoms with E-state index in [1.54, 1.807) is 28.7 Å². The Morgan fingerprint density at radius 1 is 1.22 bits per heavy atom. The minimum absolute atomic E-state index is 0.0326. The molecule has 1 N–H and O–H groups in total. The largest absolute Gasteiger partial charge is 0.349 e. The second-order valence-corrected chi connectivity index (χ2v) is 7.69. The zero-order valence-electron chi connectivity index (χ0n) is 14.4. The molecule has 1 amide bonds. The molecule has 0 aliphatic rings. The average Bonchev–Trinajstić information content (AvgIpc) is 3.38. The molecule has 0 fully saturated rings. The minimum Gasteiger partial charge on any atom is -0.349 e. The van der Waals surface area contributed by atoms with E-state index in [0.29, 0.717) is 5.75 Å². The lowest BCUT2D eigenvalue weighted by Gasteiger charge is -2.14. The average molecular weight is 397 g/mol. The van der Waals surface area contributed by atoms with Gasteiger partial charge in [-0.1, -0.05) is 23.9 Å². The molecular formula is C18H16N6OS2. The SMILES string of the molecule is CC(NC(=O)CSc1ncnc2sccc12)c1ccc(-n2cncn2)cc1. The third kappa shape index (κ3) is 3.99. The van der Waals surface area contributed by atoms with E-state index in [2.05, 4.69) is 25.4 Å². The van der Waals surface area contributed by atoms with Gasteiger partial charge in [0.15, 0.2) is 0 Å². The Kier molecular flexibility index (Phi) is 5.12. The first-order chi connectivity index (χ1) is 13.2. The summed E-state index contributed by atoms with van der Waals surface area (Å²) in [7, 11) is 0. The first kappa shape index (κ1) is 17.6. The Labute approximate surface area is 163 Å². The normalized spacial score (nSPS) is 12.2. The maximum Gasteiger partial charge on any atom is 0.230 e. The molecule has 136 valence electrons. The van der Waals surface area contributed by atoms with Gasteiger partial charge < -0.3 is 5.32 Å². The molecule has 0 radical (unpaired) electrons. The van der Waals surface area contributed by atoms with Crippen molar-refractivity contribution in [3.63, 3.8) is 0 Å². The number of nitrogens with one attached hydrogen (secondary N) is 1. The van der Waals surface area contributed by atoms with Crippen LogP contribution in [0, 0.1) is 0 Å². The third-order valence-electron chi connectivity index (χ3n) is 4.02. The molecular weight excluding hydrogens is 380 g/mol. The number of carbonyl (C=O) groups is 1.